The highest BCUT2D eigenvalue weighted by Crippen LogP contribution is 2.42. The minimum Gasteiger partial charge on any atom is -0.384 e. The van der Waals surface area contributed by atoms with Crippen molar-refractivity contribution in [1.29, 1.82) is 5.26 Å². The second-order valence-electron chi connectivity index (χ2n) is 8.10. The Kier molecular flexibility index (Phi) is 4.63. The number of fused-ring (bicyclic) bond motifs is 1. The van der Waals surface area contributed by atoms with E-state index in [1.54, 1.807) is 24.4 Å². The van der Waals surface area contributed by atoms with Gasteiger partial charge in [-0.2, -0.15) is 14.9 Å². The van der Waals surface area contributed by atoms with Crippen molar-refractivity contribution >= 4 is 17.3 Å². The summed E-state index contributed by atoms with van der Waals surface area (Å²) >= 11 is 0. The molecule has 1 aliphatic carbocycles. The number of aryl methyl sites for hydroxylation is 1. The number of anilines is 2. The molecule has 8 heteroatoms. The van der Waals surface area contributed by atoms with Gasteiger partial charge in [-0.1, -0.05) is 6.07 Å². The molecule has 0 spiro atoms. The van der Waals surface area contributed by atoms with Crippen LogP contribution in [-0.4, -0.2) is 31.2 Å². The first-order valence-corrected chi connectivity index (χ1v) is 9.81. The Morgan fingerprint density at radius 3 is 2.76 bits per heavy atom. The molecule has 3 aromatic heterocycles. The average Bonchev–Trinajstić information content (AvgIpc) is 3.46. The summed E-state index contributed by atoms with van der Waals surface area (Å²) < 4.78 is 1.58. The summed E-state index contributed by atoms with van der Waals surface area (Å²) in [5.41, 5.74) is 9.75. The first kappa shape index (κ1) is 19.2. The predicted octanol–water partition coefficient (Wildman–Crippen LogP) is 2.65. The largest absolute Gasteiger partial charge is 0.384 e. The minimum atomic E-state index is -0.989. The van der Waals surface area contributed by atoms with Crippen LogP contribution in [0.5, 0.6) is 0 Å². The van der Waals surface area contributed by atoms with Crippen molar-refractivity contribution in [1.82, 2.24) is 19.6 Å². The predicted molar refractivity (Wildman–Crippen MR) is 111 cm³/mol. The summed E-state index contributed by atoms with van der Waals surface area (Å²) in [7, 11) is 0. The summed E-state index contributed by atoms with van der Waals surface area (Å²) in [6.45, 7) is 5.96. The first-order chi connectivity index (χ1) is 13.8. The van der Waals surface area contributed by atoms with Gasteiger partial charge < -0.3 is 16.2 Å². The number of hydrogen-bond acceptors (Lipinski definition) is 7. The van der Waals surface area contributed by atoms with Crippen LogP contribution in [0.3, 0.4) is 0 Å². The second kappa shape index (κ2) is 7.01. The number of aromatic nitrogens is 4. The van der Waals surface area contributed by atoms with Gasteiger partial charge in [-0.15, -0.1) is 0 Å². The van der Waals surface area contributed by atoms with Crippen molar-refractivity contribution in [2.24, 2.45) is 0 Å². The number of rotatable bonds is 6. The van der Waals surface area contributed by atoms with Crippen molar-refractivity contribution in [3.05, 3.63) is 46.4 Å². The third-order valence-corrected chi connectivity index (χ3v) is 5.25. The summed E-state index contributed by atoms with van der Waals surface area (Å²) in [5, 5.41) is 27.6. The van der Waals surface area contributed by atoms with Crippen LogP contribution in [0.25, 0.3) is 5.65 Å². The molecular formula is C21H25N7O. The van der Waals surface area contributed by atoms with Gasteiger partial charge in [0.05, 0.1) is 11.4 Å². The van der Waals surface area contributed by atoms with Gasteiger partial charge >= 0.3 is 0 Å². The number of nitrogens with two attached hydrogens (primary N) is 1. The summed E-state index contributed by atoms with van der Waals surface area (Å²) in [4.78, 5) is 9.17. The number of nitrogens with one attached hydrogen (secondary N) is 1. The zero-order chi connectivity index (χ0) is 20.8. The number of nitriles is 1. The van der Waals surface area contributed by atoms with Crippen LogP contribution >= 0.6 is 0 Å². The molecule has 3 heterocycles. The number of pyridine rings is 1. The quantitative estimate of drug-likeness (QED) is 0.590. The molecule has 0 aromatic carbocycles. The van der Waals surface area contributed by atoms with Gasteiger partial charge in [-0.25, -0.2) is 4.98 Å². The van der Waals surface area contributed by atoms with Gasteiger partial charge in [0.2, 0.25) is 0 Å². The van der Waals surface area contributed by atoms with Crippen molar-refractivity contribution in [3.8, 4) is 6.07 Å². The third kappa shape index (κ3) is 3.61. The Bertz CT molecular complexity index is 1120. The Balaban J connectivity index is 1.58. The maximum atomic E-state index is 10.1. The van der Waals surface area contributed by atoms with E-state index in [1.165, 1.54) is 0 Å². The minimum absolute atomic E-state index is 0.292. The van der Waals surface area contributed by atoms with Gasteiger partial charge in [0.15, 0.2) is 5.65 Å². The molecule has 0 bridgehead atoms. The van der Waals surface area contributed by atoms with Crippen molar-refractivity contribution in [3.63, 3.8) is 0 Å². The molecule has 0 amide bonds. The molecule has 1 fully saturated rings. The van der Waals surface area contributed by atoms with E-state index in [0.717, 1.165) is 29.8 Å². The van der Waals surface area contributed by atoms with Crippen LogP contribution in [0.4, 0.5) is 11.6 Å². The fourth-order valence-corrected chi connectivity index (χ4v) is 3.44. The molecular weight excluding hydrogens is 366 g/mol. The van der Waals surface area contributed by atoms with Gasteiger partial charge in [0.25, 0.3) is 0 Å². The number of hydrogen-bond donors (Lipinski definition) is 3. The second-order valence-corrected chi connectivity index (χ2v) is 8.10. The Morgan fingerprint density at radius 1 is 1.34 bits per heavy atom. The molecule has 0 unspecified atom stereocenters. The summed E-state index contributed by atoms with van der Waals surface area (Å²) in [6.07, 6.45) is 2.89. The molecule has 4 N–H and O–H groups in total. The van der Waals surface area contributed by atoms with Gasteiger partial charge in [-0.3, -0.25) is 4.98 Å². The lowest BCUT2D eigenvalue weighted by atomic mass is 10.0. The van der Waals surface area contributed by atoms with E-state index in [9.17, 15) is 10.4 Å². The highest BCUT2D eigenvalue weighted by atomic mass is 16.3. The highest BCUT2D eigenvalue weighted by molar-refractivity contribution is 5.69. The Morgan fingerprint density at radius 2 is 2.10 bits per heavy atom. The van der Waals surface area contributed by atoms with Crippen LogP contribution in [0, 0.1) is 18.3 Å². The number of nitrogen functional groups attached to an aromatic ring is 1. The van der Waals surface area contributed by atoms with Crippen molar-refractivity contribution in [2.45, 2.75) is 51.6 Å². The van der Waals surface area contributed by atoms with Crippen LogP contribution in [0.1, 0.15) is 60.8 Å². The van der Waals surface area contributed by atoms with Crippen molar-refractivity contribution < 1.29 is 5.11 Å². The van der Waals surface area contributed by atoms with Gasteiger partial charge in [-0.05, 0) is 45.7 Å². The van der Waals surface area contributed by atoms with Crippen LogP contribution < -0.4 is 11.1 Å². The van der Waals surface area contributed by atoms with Gasteiger partial charge in [0.1, 0.15) is 28.9 Å². The smallest absolute Gasteiger partial charge is 0.163 e. The van der Waals surface area contributed by atoms with E-state index >= 15 is 0 Å². The molecule has 8 nitrogen and oxygen atoms in total. The van der Waals surface area contributed by atoms with E-state index < -0.39 is 5.60 Å². The maximum absolute atomic E-state index is 10.1. The zero-order valence-electron chi connectivity index (χ0n) is 16.9. The van der Waals surface area contributed by atoms with E-state index in [-0.39, 0.29) is 0 Å². The lowest BCUT2D eigenvalue weighted by molar-refractivity contribution is 0.0736. The molecule has 0 radical (unpaired) electrons. The number of aliphatic hydroxyl groups is 1. The van der Waals surface area contributed by atoms with E-state index in [4.69, 9.17) is 5.73 Å². The topological polar surface area (TPSA) is 125 Å². The standard InChI is InChI=1S/C21H25N7O/c1-12-17(13-7-8-13)27-28-18(23)15(11-22)19(26-20(12)28)24-10-9-14-5-4-6-16(25-14)21(2,3)29/h4-6,13,29H,7-10,23H2,1-3H3,(H,24,26). The fraction of sp³-hybridized carbons (Fsp3) is 0.429. The molecule has 1 aliphatic rings. The average molecular weight is 391 g/mol. The molecule has 0 atom stereocenters. The SMILES string of the molecule is Cc1c(C2CC2)nn2c(N)c(C#N)c(NCCc3cccc(C(C)(C)O)n3)nc12. The maximum Gasteiger partial charge on any atom is 0.163 e. The number of nitrogens with zero attached hydrogens (tertiary/aromatic N) is 5. The van der Waals surface area contributed by atoms with Crippen molar-refractivity contribution in [2.75, 3.05) is 17.6 Å². The van der Waals surface area contributed by atoms with E-state index in [1.807, 2.05) is 19.1 Å². The first-order valence-electron chi connectivity index (χ1n) is 9.81. The normalized spacial score (nSPS) is 14.2. The molecule has 1 saturated carbocycles. The fourth-order valence-electron chi connectivity index (χ4n) is 3.44. The summed E-state index contributed by atoms with van der Waals surface area (Å²) in [5.74, 6) is 1.24. The lowest BCUT2D eigenvalue weighted by Crippen LogP contribution is -2.19. The summed E-state index contributed by atoms with van der Waals surface area (Å²) in [6, 6.07) is 7.75. The Labute approximate surface area is 169 Å². The van der Waals surface area contributed by atoms with Crippen LogP contribution in [0.15, 0.2) is 18.2 Å². The lowest BCUT2D eigenvalue weighted by Gasteiger charge is -2.17. The third-order valence-electron chi connectivity index (χ3n) is 5.25. The molecule has 4 rings (SSSR count). The monoisotopic (exact) mass is 391 g/mol. The molecule has 0 aliphatic heterocycles. The Hall–Kier alpha value is -3.18. The highest BCUT2D eigenvalue weighted by Gasteiger charge is 2.30. The molecule has 150 valence electrons. The molecule has 29 heavy (non-hydrogen) atoms. The molecule has 0 saturated heterocycles. The zero-order valence-corrected chi connectivity index (χ0v) is 16.9. The van der Waals surface area contributed by atoms with Crippen LogP contribution in [0.2, 0.25) is 0 Å². The van der Waals surface area contributed by atoms with Gasteiger partial charge in [0, 0.05) is 30.1 Å². The van der Waals surface area contributed by atoms with E-state index in [0.29, 0.717) is 47.4 Å². The molecule has 3 aromatic rings. The van der Waals surface area contributed by atoms with E-state index in [2.05, 4.69) is 26.5 Å². The van der Waals surface area contributed by atoms with Crippen LogP contribution in [-0.2, 0) is 12.0 Å².